The number of amides is 2. The lowest BCUT2D eigenvalue weighted by Gasteiger charge is -2.13. The van der Waals surface area contributed by atoms with Crippen molar-refractivity contribution in [3.05, 3.63) is 24.0 Å². The normalized spacial score (nSPS) is 20.2. The van der Waals surface area contributed by atoms with E-state index < -0.39 is 0 Å². The number of aromatic nitrogens is 1. The summed E-state index contributed by atoms with van der Waals surface area (Å²) in [5, 5.41) is 6.06. The largest absolute Gasteiger partial charge is 0.367 e. The number of rotatable bonds is 5. The molecule has 2 amide bonds. The van der Waals surface area contributed by atoms with Crippen LogP contribution in [0, 0.1) is 0 Å². The molecule has 0 radical (unpaired) electrons. The fourth-order valence-electron chi connectivity index (χ4n) is 1.97. The molecule has 0 bridgehead atoms. The monoisotopic (exact) mass is 222 g/mol. The van der Waals surface area contributed by atoms with Crippen LogP contribution >= 0.6 is 0 Å². The Morgan fingerprint density at radius 3 is 3.19 bits per heavy atom. The van der Waals surface area contributed by atoms with Crippen molar-refractivity contribution >= 4 is 6.03 Å². The van der Waals surface area contributed by atoms with E-state index in [4.69, 9.17) is 0 Å². The van der Waals surface area contributed by atoms with E-state index in [1.54, 1.807) is 0 Å². The lowest BCUT2D eigenvalue weighted by molar-refractivity contribution is 0.217. The van der Waals surface area contributed by atoms with E-state index >= 15 is 0 Å². The zero-order chi connectivity index (χ0) is 11.4. The maximum absolute atomic E-state index is 11.7. The third kappa shape index (κ3) is 2.36. The molecule has 1 aromatic heterocycles. The van der Waals surface area contributed by atoms with Crippen LogP contribution in [0.1, 0.15) is 18.0 Å². The molecule has 0 aromatic carbocycles. The Balaban J connectivity index is 1.87. The zero-order valence-corrected chi connectivity index (χ0v) is 9.49. The Hall–Kier alpha value is -1.49. The highest BCUT2D eigenvalue weighted by Crippen LogP contribution is 2.19. The number of hydrogen-bond acceptors (Lipinski definition) is 2. The topological polar surface area (TPSA) is 60.2 Å². The molecular formula is C11H18N4O. The van der Waals surface area contributed by atoms with Crippen molar-refractivity contribution in [2.24, 2.45) is 0 Å². The SMILES string of the molecule is CNCCCN1CC(c2cc[nH]c2)NC1=O. The van der Waals surface area contributed by atoms with Crippen LogP contribution in [0.3, 0.4) is 0 Å². The summed E-state index contributed by atoms with van der Waals surface area (Å²) in [5.74, 6) is 0. The van der Waals surface area contributed by atoms with E-state index in [0.29, 0.717) is 0 Å². The van der Waals surface area contributed by atoms with Gasteiger partial charge >= 0.3 is 6.03 Å². The highest BCUT2D eigenvalue weighted by molar-refractivity contribution is 5.77. The summed E-state index contributed by atoms with van der Waals surface area (Å²) >= 11 is 0. The van der Waals surface area contributed by atoms with Gasteiger partial charge in [0.2, 0.25) is 0 Å². The minimum Gasteiger partial charge on any atom is -0.367 e. The van der Waals surface area contributed by atoms with Gasteiger partial charge in [-0.05, 0) is 31.6 Å². The summed E-state index contributed by atoms with van der Waals surface area (Å²) in [7, 11) is 1.92. The van der Waals surface area contributed by atoms with E-state index in [0.717, 1.165) is 31.6 Å². The van der Waals surface area contributed by atoms with Crippen LogP contribution in [0.5, 0.6) is 0 Å². The third-order valence-electron chi connectivity index (χ3n) is 2.87. The molecule has 2 rings (SSSR count). The fourth-order valence-corrected chi connectivity index (χ4v) is 1.97. The van der Waals surface area contributed by atoms with Crippen LogP contribution in [0.4, 0.5) is 4.79 Å². The molecule has 5 nitrogen and oxygen atoms in total. The molecule has 0 saturated carbocycles. The average molecular weight is 222 g/mol. The van der Waals surface area contributed by atoms with Crippen LogP contribution < -0.4 is 10.6 Å². The van der Waals surface area contributed by atoms with Crippen molar-refractivity contribution in [1.29, 1.82) is 0 Å². The quantitative estimate of drug-likeness (QED) is 0.642. The van der Waals surface area contributed by atoms with Crippen molar-refractivity contribution in [1.82, 2.24) is 20.5 Å². The van der Waals surface area contributed by atoms with Crippen LogP contribution in [0.2, 0.25) is 0 Å². The van der Waals surface area contributed by atoms with E-state index in [9.17, 15) is 4.79 Å². The Morgan fingerprint density at radius 1 is 1.62 bits per heavy atom. The predicted molar refractivity (Wildman–Crippen MR) is 62.2 cm³/mol. The van der Waals surface area contributed by atoms with Crippen LogP contribution in [-0.4, -0.2) is 42.6 Å². The first-order valence-electron chi connectivity index (χ1n) is 5.64. The van der Waals surface area contributed by atoms with Gasteiger partial charge in [0, 0.05) is 25.5 Å². The fraction of sp³-hybridized carbons (Fsp3) is 0.545. The van der Waals surface area contributed by atoms with Crippen molar-refractivity contribution < 1.29 is 4.79 Å². The smallest absolute Gasteiger partial charge is 0.318 e. The predicted octanol–water partition coefficient (Wildman–Crippen LogP) is 0.690. The molecule has 1 aliphatic heterocycles. The first-order chi connectivity index (χ1) is 7.81. The van der Waals surface area contributed by atoms with E-state index in [2.05, 4.69) is 15.6 Å². The second kappa shape index (κ2) is 5.03. The second-order valence-corrected chi connectivity index (χ2v) is 4.05. The lowest BCUT2D eigenvalue weighted by Crippen LogP contribution is -2.30. The number of H-pyrrole nitrogens is 1. The number of carbonyl (C=O) groups excluding carboxylic acids is 1. The molecule has 1 aromatic rings. The number of nitrogens with zero attached hydrogens (tertiary/aromatic N) is 1. The molecule has 0 spiro atoms. The van der Waals surface area contributed by atoms with Crippen molar-refractivity contribution in [2.45, 2.75) is 12.5 Å². The maximum Gasteiger partial charge on any atom is 0.318 e. The summed E-state index contributed by atoms with van der Waals surface area (Å²) in [4.78, 5) is 16.5. The van der Waals surface area contributed by atoms with Gasteiger partial charge in [0.25, 0.3) is 0 Å². The molecule has 3 N–H and O–H groups in total. The molecule has 1 atom stereocenters. The van der Waals surface area contributed by atoms with E-state index in [1.807, 2.05) is 30.4 Å². The van der Waals surface area contributed by atoms with Crippen LogP contribution in [0.25, 0.3) is 0 Å². The second-order valence-electron chi connectivity index (χ2n) is 4.05. The Bertz CT molecular complexity index is 336. The highest BCUT2D eigenvalue weighted by Gasteiger charge is 2.29. The molecule has 1 unspecified atom stereocenters. The van der Waals surface area contributed by atoms with Gasteiger partial charge in [-0.25, -0.2) is 4.79 Å². The number of hydrogen-bond donors (Lipinski definition) is 3. The van der Waals surface area contributed by atoms with Gasteiger partial charge in [-0.1, -0.05) is 0 Å². The molecule has 88 valence electrons. The summed E-state index contributed by atoms with van der Waals surface area (Å²) < 4.78 is 0. The number of aromatic amines is 1. The maximum atomic E-state index is 11.7. The van der Waals surface area contributed by atoms with E-state index in [1.165, 1.54) is 0 Å². The van der Waals surface area contributed by atoms with Crippen LogP contribution in [-0.2, 0) is 0 Å². The van der Waals surface area contributed by atoms with Gasteiger partial charge < -0.3 is 20.5 Å². The highest BCUT2D eigenvalue weighted by atomic mass is 16.2. The average Bonchev–Trinajstić information content (AvgIpc) is 2.88. The van der Waals surface area contributed by atoms with Crippen molar-refractivity contribution in [3.63, 3.8) is 0 Å². The van der Waals surface area contributed by atoms with Gasteiger partial charge in [0.1, 0.15) is 0 Å². The third-order valence-corrected chi connectivity index (χ3v) is 2.87. The van der Waals surface area contributed by atoms with Gasteiger partial charge in [-0.15, -0.1) is 0 Å². The summed E-state index contributed by atoms with van der Waals surface area (Å²) in [6.07, 6.45) is 4.80. The summed E-state index contributed by atoms with van der Waals surface area (Å²) in [6.45, 7) is 2.52. The minimum absolute atomic E-state index is 0.0438. The number of urea groups is 1. The Labute approximate surface area is 95.2 Å². The van der Waals surface area contributed by atoms with Crippen LogP contribution in [0.15, 0.2) is 18.5 Å². The molecular weight excluding hydrogens is 204 g/mol. The van der Waals surface area contributed by atoms with Gasteiger partial charge in [-0.3, -0.25) is 0 Å². The van der Waals surface area contributed by atoms with Gasteiger partial charge in [0.05, 0.1) is 6.04 Å². The standard InChI is InChI=1S/C11H18N4O/c1-12-4-2-6-15-8-10(14-11(15)16)9-3-5-13-7-9/h3,5,7,10,12-13H,2,4,6,8H2,1H3,(H,14,16). The number of carbonyl (C=O) groups is 1. The first kappa shape index (κ1) is 11.0. The Morgan fingerprint density at radius 2 is 2.50 bits per heavy atom. The molecule has 1 aliphatic rings. The first-order valence-corrected chi connectivity index (χ1v) is 5.64. The molecule has 1 fully saturated rings. The van der Waals surface area contributed by atoms with Gasteiger partial charge in [0.15, 0.2) is 0 Å². The van der Waals surface area contributed by atoms with Gasteiger partial charge in [-0.2, -0.15) is 0 Å². The molecule has 16 heavy (non-hydrogen) atoms. The molecule has 0 aliphatic carbocycles. The molecule has 5 heteroatoms. The summed E-state index contributed by atoms with van der Waals surface area (Å²) in [5.41, 5.74) is 1.14. The zero-order valence-electron chi connectivity index (χ0n) is 9.49. The van der Waals surface area contributed by atoms with Crippen molar-refractivity contribution in [2.75, 3.05) is 26.7 Å². The summed E-state index contributed by atoms with van der Waals surface area (Å²) in [6, 6.07) is 2.18. The van der Waals surface area contributed by atoms with Crippen molar-refractivity contribution in [3.8, 4) is 0 Å². The molecule has 1 saturated heterocycles. The Kier molecular flexibility index (Phi) is 3.46. The minimum atomic E-state index is 0.0438. The number of nitrogens with one attached hydrogen (secondary N) is 3. The van der Waals surface area contributed by atoms with E-state index in [-0.39, 0.29) is 12.1 Å². The molecule has 2 heterocycles. The lowest BCUT2D eigenvalue weighted by atomic mass is 10.1.